The van der Waals surface area contributed by atoms with Gasteiger partial charge < -0.3 is 19.5 Å². The fraction of sp³-hybridized carbons (Fsp3) is 0.588. The molecule has 1 saturated heterocycles. The topological polar surface area (TPSA) is 56.8 Å². The molecule has 22 heavy (non-hydrogen) atoms. The smallest absolute Gasteiger partial charge is 0.225 e. The Hall–Kier alpha value is -1.59. The molecule has 5 nitrogen and oxygen atoms in total. The lowest BCUT2D eigenvalue weighted by molar-refractivity contribution is -0.133. The number of carbonyl (C=O) groups excluding carboxylic acids is 1. The van der Waals surface area contributed by atoms with Crippen molar-refractivity contribution in [3.8, 4) is 5.75 Å². The van der Waals surface area contributed by atoms with Gasteiger partial charge in [0.05, 0.1) is 18.6 Å². The van der Waals surface area contributed by atoms with E-state index in [0.717, 1.165) is 30.8 Å². The molecule has 1 aromatic rings. The Kier molecular flexibility index (Phi) is 6.68. The van der Waals surface area contributed by atoms with Gasteiger partial charge in [0.1, 0.15) is 12.4 Å². The van der Waals surface area contributed by atoms with E-state index < -0.39 is 0 Å². The highest BCUT2D eigenvalue weighted by Crippen LogP contribution is 2.22. The van der Waals surface area contributed by atoms with Crippen LogP contribution in [0, 0.1) is 5.92 Å². The summed E-state index contributed by atoms with van der Waals surface area (Å²) in [5.41, 5.74) is 0.969. The third-order valence-electron chi connectivity index (χ3n) is 3.91. The first-order chi connectivity index (χ1) is 10.7. The highest BCUT2D eigenvalue weighted by molar-refractivity contribution is 5.79. The molecule has 0 aliphatic carbocycles. The average Bonchev–Trinajstić information content (AvgIpc) is 2.54. The van der Waals surface area contributed by atoms with Crippen LogP contribution in [0.25, 0.3) is 0 Å². The van der Waals surface area contributed by atoms with Gasteiger partial charge in [0.2, 0.25) is 5.91 Å². The first-order valence-electron chi connectivity index (χ1n) is 7.81. The van der Waals surface area contributed by atoms with Crippen molar-refractivity contribution >= 4 is 5.91 Å². The molecule has 0 aromatic heterocycles. The number of methoxy groups -OCH3 is 1. The van der Waals surface area contributed by atoms with E-state index in [4.69, 9.17) is 14.2 Å². The SMILES string of the molecule is COCCOc1ccccc1CNC(=O)[C@H]1CCCO[C@H]1C. The number of benzene rings is 1. The van der Waals surface area contributed by atoms with E-state index >= 15 is 0 Å². The summed E-state index contributed by atoms with van der Waals surface area (Å²) in [6, 6.07) is 7.73. The molecule has 122 valence electrons. The number of nitrogens with one attached hydrogen (secondary N) is 1. The summed E-state index contributed by atoms with van der Waals surface area (Å²) in [4.78, 5) is 12.3. The van der Waals surface area contributed by atoms with Crippen LogP contribution in [0.3, 0.4) is 0 Å². The molecular formula is C17H25NO4. The molecule has 0 radical (unpaired) electrons. The monoisotopic (exact) mass is 307 g/mol. The molecule has 1 aromatic carbocycles. The molecule has 1 aliphatic rings. The summed E-state index contributed by atoms with van der Waals surface area (Å²) >= 11 is 0. The van der Waals surface area contributed by atoms with Gasteiger partial charge in [-0.25, -0.2) is 0 Å². The van der Waals surface area contributed by atoms with Crippen LogP contribution < -0.4 is 10.1 Å². The van der Waals surface area contributed by atoms with Gasteiger partial charge in [0.25, 0.3) is 0 Å². The highest BCUT2D eigenvalue weighted by Gasteiger charge is 2.28. The first kappa shape index (κ1) is 16.8. The molecule has 2 rings (SSSR count). The van der Waals surface area contributed by atoms with E-state index in [2.05, 4.69) is 5.32 Å². The van der Waals surface area contributed by atoms with Crippen molar-refractivity contribution in [2.45, 2.75) is 32.4 Å². The van der Waals surface area contributed by atoms with Crippen molar-refractivity contribution < 1.29 is 19.0 Å². The Morgan fingerprint density at radius 2 is 2.18 bits per heavy atom. The molecule has 1 aliphatic heterocycles. The Morgan fingerprint density at radius 3 is 2.95 bits per heavy atom. The van der Waals surface area contributed by atoms with Crippen LogP contribution >= 0.6 is 0 Å². The second-order valence-corrected chi connectivity index (χ2v) is 5.49. The van der Waals surface area contributed by atoms with Crippen LogP contribution in [-0.4, -0.2) is 38.9 Å². The van der Waals surface area contributed by atoms with Gasteiger partial charge in [0.15, 0.2) is 0 Å². The molecule has 1 N–H and O–H groups in total. The molecule has 1 fully saturated rings. The third kappa shape index (κ3) is 4.71. The van der Waals surface area contributed by atoms with Gasteiger partial charge in [-0.1, -0.05) is 18.2 Å². The van der Waals surface area contributed by atoms with Gasteiger partial charge in [-0.05, 0) is 25.8 Å². The molecule has 1 amide bonds. The minimum absolute atomic E-state index is 0.0121. The lowest BCUT2D eigenvalue weighted by atomic mass is 9.94. The van der Waals surface area contributed by atoms with Crippen molar-refractivity contribution in [1.29, 1.82) is 0 Å². The minimum Gasteiger partial charge on any atom is -0.491 e. The fourth-order valence-electron chi connectivity index (χ4n) is 2.61. The van der Waals surface area contributed by atoms with Crippen LogP contribution in [0.4, 0.5) is 0 Å². The van der Waals surface area contributed by atoms with Crippen LogP contribution in [0.5, 0.6) is 5.75 Å². The number of rotatable bonds is 7. The molecular weight excluding hydrogens is 282 g/mol. The number of carbonyl (C=O) groups is 1. The summed E-state index contributed by atoms with van der Waals surface area (Å²) in [6.07, 6.45) is 1.82. The van der Waals surface area contributed by atoms with E-state index in [9.17, 15) is 4.79 Å². The molecule has 1 heterocycles. The molecule has 0 spiro atoms. The maximum atomic E-state index is 12.3. The third-order valence-corrected chi connectivity index (χ3v) is 3.91. The number of hydrogen-bond donors (Lipinski definition) is 1. The van der Waals surface area contributed by atoms with Crippen molar-refractivity contribution in [3.63, 3.8) is 0 Å². The van der Waals surface area contributed by atoms with Crippen molar-refractivity contribution in [2.75, 3.05) is 26.9 Å². The summed E-state index contributed by atoms with van der Waals surface area (Å²) < 4.78 is 16.2. The zero-order chi connectivity index (χ0) is 15.8. The van der Waals surface area contributed by atoms with E-state index in [0.29, 0.717) is 19.8 Å². The summed E-state index contributed by atoms with van der Waals surface area (Å²) in [5, 5.41) is 3.00. The normalized spacial score (nSPS) is 21.4. The van der Waals surface area contributed by atoms with Crippen LogP contribution in [0.15, 0.2) is 24.3 Å². The van der Waals surface area contributed by atoms with Crippen LogP contribution in [-0.2, 0) is 20.8 Å². The molecule has 0 bridgehead atoms. The predicted octanol–water partition coefficient (Wildman–Crippen LogP) is 2.14. The molecule has 0 unspecified atom stereocenters. The number of amides is 1. The maximum Gasteiger partial charge on any atom is 0.225 e. The van der Waals surface area contributed by atoms with E-state index in [-0.39, 0.29) is 17.9 Å². The Labute approximate surface area is 131 Å². The van der Waals surface area contributed by atoms with E-state index in [1.807, 2.05) is 31.2 Å². The summed E-state index contributed by atoms with van der Waals surface area (Å²) in [7, 11) is 1.64. The molecule has 0 saturated carbocycles. The van der Waals surface area contributed by atoms with Crippen molar-refractivity contribution in [1.82, 2.24) is 5.32 Å². The van der Waals surface area contributed by atoms with Crippen molar-refractivity contribution in [2.24, 2.45) is 5.92 Å². The maximum absolute atomic E-state index is 12.3. The number of para-hydroxylation sites is 1. The highest BCUT2D eigenvalue weighted by atomic mass is 16.5. The van der Waals surface area contributed by atoms with Gasteiger partial charge in [-0.15, -0.1) is 0 Å². The lowest BCUT2D eigenvalue weighted by Gasteiger charge is -2.28. The minimum atomic E-state index is -0.0599. The Bertz CT molecular complexity index is 477. The van der Waals surface area contributed by atoms with Gasteiger partial charge >= 0.3 is 0 Å². The van der Waals surface area contributed by atoms with Gasteiger partial charge in [0, 0.05) is 25.8 Å². The zero-order valence-electron chi connectivity index (χ0n) is 13.3. The second kappa shape index (κ2) is 8.76. The molecule has 2 atom stereocenters. The second-order valence-electron chi connectivity index (χ2n) is 5.49. The molecule has 5 heteroatoms. The summed E-state index contributed by atoms with van der Waals surface area (Å²) in [5.74, 6) is 0.780. The van der Waals surface area contributed by atoms with Crippen molar-refractivity contribution in [3.05, 3.63) is 29.8 Å². The summed E-state index contributed by atoms with van der Waals surface area (Å²) in [6.45, 7) is 4.21. The van der Waals surface area contributed by atoms with Crippen LogP contribution in [0.1, 0.15) is 25.3 Å². The standard InChI is InChI=1S/C17H25NO4/c1-13-15(7-5-9-21-13)17(19)18-12-14-6-3-4-8-16(14)22-11-10-20-2/h3-4,6,8,13,15H,5,7,9-12H2,1-2H3,(H,18,19)/t13-,15-/m0/s1. The average molecular weight is 307 g/mol. The van der Waals surface area contributed by atoms with Gasteiger partial charge in [-0.2, -0.15) is 0 Å². The fourth-order valence-corrected chi connectivity index (χ4v) is 2.61. The van der Waals surface area contributed by atoms with Crippen LogP contribution in [0.2, 0.25) is 0 Å². The Balaban J connectivity index is 1.89. The lowest BCUT2D eigenvalue weighted by Crippen LogP contribution is -2.39. The Morgan fingerprint density at radius 1 is 1.36 bits per heavy atom. The largest absolute Gasteiger partial charge is 0.491 e. The number of ether oxygens (including phenoxy) is 3. The quantitative estimate of drug-likeness (QED) is 0.784. The zero-order valence-corrected chi connectivity index (χ0v) is 13.3. The van der Waals surface area contributed by atoms with Gasteiger partial charge in [-0.3, -0.25) is 4.79 Å². The van der Waals surface area contributed by atoms with E-state index in [1.165, 1.54) is 0 Å². The predicted molar refractivity (Wildman–Crippen MR) is 83.8 cm³/mol. The first-order valence-corrected chi connectivity index (χ1v) is 7.81. The van der Waals surface area contributed by atoms with E-state index in [1.54, 1.807) is 7.11 Å². The number of hydrogen-bond acceptors (Lipinski definition) is 4.